The Morgan fingerprint density at radius 1 is 1.54 bits per heavy atom. The zero-order valence-electron chi connectivity index (χ0n) is 6.87. The summed E-state index contributed by atoms with van der Waals surface area (Å²) >= 11 is 0. The highest BCUT2D eigenvalue weighted by atomic mass is 19.3. The number of aliphatic hydroxyl groups is 1. The van der Waals surface area contributed by atoms with Crippen molar-refractivity contribution in [3.05, 3.63) is 29.6 Å². The van der Waals surface area contributed by atoms with E-state index >= 15 is 0 Å². The van der Waals surface area contributed by atoms with E-state index in [1.807, 2.05) is 0 Å². The highest BCUT2D eigenvalue weighted by molar-refractivity contribution is 5.31. The Balaban J connectivity index is 2.49. The second-order valence-corrected chi connectivity index (χ2v) is 3.24. The van der Waals surface area contributed by atoms with Gasteiger partial charge >= 0.3 is 0 Å². The molecule has 1 N–H and O–H groups in total. The zero-order chi connectivity index (χ0) is 9.47. The van der Waals surface area contributed by atoms with Crippen LogP contribution in [0, 0.1) is 0 Å². The number of rotatable bonds is 1. The number of nitrogens with zero attached hydrogens (tertiary/aromatic N) is 1. The number of halogens is 2. The van der Waals surface area contributed by atoms with Crippen molar-refractivity contribution in [2.75, 3.05) is 0 Å². The SMILES string of the molecule is OC1(C(F)F)CCc2cccnc21. The number of fused-ring (bicyclic) bond motifs is 1. The molecule has 70 valence electrons. The fourth-order valence-electron chi connectivity index (χ4n) is 1.69. The van der Waals surface area contributed by atoms with Crippen LogP contribution in [0.2, 0.25) is 0 Å². The van der Waals surface area contributed by atoms with Crippen LogP contribution in [0.1, 0.15) is 17.7 Å². The average Bonchev–Trinajstić information content (AvgIpc) is 2.47. The summed E-state index contributed by atoms with van der Waals surface area (Å²) in [5.74, 6) is 0. The molecule has 1 aliphatic rings. The third-order valence-corrected chi connectivity index (χ3v) is 2.44. The van der Waals surface area contributed by atoms with Crippen molar-refractivity contribution < 1.29 is 13.9 Å². The third-order valence-electron chi connectivity index (χ3n) is 2.44. The molecule has 1 aliphatic carbocycles. The molecular formula is C9H9F2NO. The molecule has 1 aromatic heterocycles. The van der Waals surface area contributed by atoms with Gasteiger partial charge in [0, 0.05) is 6.20 Å². The lowest BCUT2D eigenvalue weighted by atomic mass is 10.0. The third kappa shape index (κ3) is 1.13. The average molecular weight is 185 g/mol. The lowest BCUT2D eigenvalue weighted by molar-refractivity contribution is -0.103. The molecule has 0 spiro atoms. The van der Waals surface area contributed by atoms with Gasteiger partial charge in [-0.1, -0.05) is 6.07 Å². The first-order valence-electron chi connectivity index (χ1n) is 4.09. The van der Waals surface area contributed by atoms with E-state index in [4.69, 9.17) is 0 Å². The molecule has 13 heavy (non-hydrogen) atoms. The minimum atomic E-state index is -2.76. The van der Waals surface area contributed by atoms with E-state index in [0.29, 0.717) is 6.42 Å². The fraction of sp³-hybridized carbons (Fsp3) is 0.444. The van der Waals surface area contributed by atoms with Gasteiger partial charge in [0.1, 0.15) is 0 Å². The summed E-state index contributed by atoms with van der Waals surface area (Å²) in [7, 11) is 0. The molecule has 1 atom stereocenters. The van der Waals surface area contributed by atoms with Gasteiger partial charge in [-0.25, -0.2) is 8.78 Å². The minimum absolute atomic E-state index is 0.0665. The summed E-state index contributed by atoms with van der Waals surface area (Å²) in [4.78, 5) is 3.80. The maximum absolute atomic E-state index is 12.5. The highest BCUT2D eigenvalue weighted by Crippen LogP contribution is 2.39. The molecule has 0 aromatic carbocycles. The van der Waals surface area contributed by atoms with Gasteiger partial charge in [-0.2, -0.15) is 0 Å². The smallest absolute Gasteiger partial charge is 0.272 e. The van der Waals surface area contributed by atoms with Crippen LogP contribution in [0.4, 0.5) is 8.78 Å². The van der Waals surface area contributed by atoms with Gasteiger partial charge in [-0.3, -0.25) is 4.98 Å². The predicted molar refractivity (Wildman–Crippen MR) is 42.5 cm³/mol. The molecule has 0 saturated carbocycles. The van der Waals surface area contributed by atoms with E-state index in [1.54, 1.807) is 12.1 Å². The van der Waals surface area contributed by atoms with Crippen LogP contribution in [0.5, 0.6) is 0 Å². The summed E-state index contributed by atoms with van der Waals surface area (Å²) in [5, 5.41) is 9.61. The fourth-order valence-corrected chi connectivity index (χ4v) is 1.69. The molecule has 0 fully saturated rings. The summed E-state index contributed by atoms with van der Waals surface area (Å²) in [6.07, 6.45) is -0.790. The number of hydrogen-bond donors (Lipinski definition) is 1. The molecule has 0 bridgehead atoms. The van der Waals surface area contributed by atoms with Crippen molar-refractivity contribution in [1.82, 2.24) is 4.98 Å². The second kappa shape index (κ2) is 2.73. The standard InChI is InChI=1S/C9H9F2NO/c10-8(11)9(13)4-3-6-2-1-5-12-7(6)9/h1-2,5,8,13H,3-4H2. The lowest BCUT2D eigenvalue weighted by Crippen LogP contribution is -2.32. The van der Waals surface area contributed by atoms with Crippen molar-refractivity contribution in [3.63, 3.8) is 0 Å². The van der Waals surface area contributed by atoms with Gasteiger partial charge in [0.2, 0.25) is 0 Å². The van der Waals surface area contributed by atoms with E-state index in [0.717, 1.165) is 5.56 Å². The Kier molecular flexibility index (Phi) is 1.80. The summed E-state index contributed by atoms with van der Waals surface area (Å²) in [5.41, 5.74) is -1.15. The van der Waals surface area contributed by atoms with Crippen LogP contribution in [0.25, 0.3) is 0 Å². The van der Waals surface area contributed by atoms with Gasteiger partial charge in [0.05, 0.1) is 5.69 Å². The Labute approximate surface area is 74.2 Å². The van der Waals surface area contributed by atoms with Crippen LogP contribution >= 0.6 is 0 Å². The molecule has 0 amide bonds. The van der Waals surface area contributed by atoms with E-state index in [2.05, 4.69) is 4.98 Å². The maximum atomic E-state index is 12.5. The van der Waals surface area contributed by atoms with Crippen molar-refractivity contribution in [3.8, 4) is 0 Å². The largest absolute Gasteiger partial charge is 0.378 e. The summed E-state index contributed by atoms with van der Waals surface area (Å²) < 4.78 is 25.0. The lowest BCUT2D eigenvalue weighted by Gasteiger charge is -2.21. The molecule has 4 heteroatoms. The van der Waals surface area contributed by atoms with Gasteiger partial charge in [0.25, 0.3) is 6.43 Å². The molecule has 2 rings (SSSR count). The van der Waals surface area contributed by atoms with Gasteiger partial charge in [-0.15, -0.1) is 0 Å². The maximum Gasteiger partial charge on any atom is 0.272 e. The summed E-state index contributed by atoms with van der Waals surface area (Å²) in [6.45, 7) is 0. The molecule has 1 heterocycles. The Morgan fingerprint density at radius 2 is 2.31 bits per heavy atom. The van der Waals surface area contributed by atoms with Gasteiger partial charge in [0.15, 0.2) is 5.60 Å². The van der Waals surface area contributed by atoms with E-state index in [1.165, 1.54) is 6.20 Å². The molecule has 1 unspecified atom stereocenters. The molecule has 0 saturated heterocycles. The first kappa shape index (κ1) is 8.56. The molecule has 0 radical (unpaired) electrons. The number of pyridine rings is 1. The number of hydrogen-bond acceptors (Lipinski definition) is 2. The minimum Gasteiger partial charge on any atom is -0.378 e. The van der Waals surface area contributed by atoms with Crippen LogP contribution in [-0.4, -0.2) is 16.5 Å². The molecule has 0 aliphatic heterocycles. The van der Waals surface area contributed by atoms with Crippen LogP contribution in [0.3, 0.4) is 0 Å². The van der Waals surface area contributed by atoms with Crippen LogP contribution < -0.4 is 0 Å². The first-order chi connectivity index (χ1) is 6.14. The van der Waals surface area contributed by atoms with Crippen LogP contribution in [-0.2, 0) is 12.0 Å². The highest BCUT2D eigenvalue weighted by Gasteiger charge is 2.46. The molecular weight excluding hydrogens is 176 g/mol. The van der Waals surface area contributed by atoms with Crippen molar-refractivity contribution in [2.45, 2.75) is 24.9 Å². The summed E-state index contributed by atoms with van der Waals surface area (Å²) in [6, 6.07) is 3.42. The van der Waals surface area contributed by atoms with Gasteiger partial charge < -0.3 is 5.11 Å². The van der Waals surface area contributed by atoms with E-state index < -0.39 is 12.0 Å². The topological polar surface area (TPSA) is 33.1 Å². The van der Waals surface area contributed by atoms with Gasteiger partial charge in [-0.05, 0) is 24.5 Å². The Hall–Kier alpha value is -1.03. The van der Waals surface area contributed by atoms with Crippen molar-refractivity contribution in [2.24, 2.45) is 0 Å². The molecule has 1 aromatic rings. The first-order valence-corrected chi connectivity index (χ1v) is 4.09. The zero-order valence-corrected chi connectivity index (χ0v) is 6.87. The second-order valence-electron chi connectivity index (χ2n) is 3.24. The van der Waals surface area contributed by atoms with Crippen molar-refractivity contribution >= 4 is 0 Å². The molecule has 2 nitrogen and oxygen atoms in total. The van der Waals surface area contributed by atoms with Crippen LogP contribution in [0.15, 0.2) is 18.3 Å². The number of aryl methyl sites for hydroxylation is 1. The number of alkyl halides is 2. The van der Waals surface area contributed by atoms with Crippen molar-refractivity contribution in [1.29, 1.82) is 0 Å². The normalized spacial score (nSPS) is 26.5. The quantitative estimate of drug-likeness (QED) is 0.718. The van der Waals surface area contributed by atoms with E-state index in [-0.39, 0.29) is 12.1 Å². The Morgan fingerprint density at radius 3 is 3.00 bits per heavy atom. The predicted octanol–water partition coefficient (Wildman–Crippen LogP) is 1.48. The number of aromatic nitrogens is 1. The Bertz CT molecular complexity index is 329. The van der Waals surface area contributed by atoms with E-state index in [9.17, 15) is 13.9 Å². The monoisotopic (exact) mass is 185 g/mol.